The number of esters is 1. The van der Waals surface area contributed by atoms with Crippen molar-refractivity contribution in [1.82, 2.24) is 0 Å². The van der Waals surface area contributed by atoms with Crippen molar-refractivity contribution in [2.75, 3.05) is 0 Å². The number of cyclic esters (lactones) is 1. The van der Waals surface area contributed by atoms with Crippen LogP contribution in [0.25, 0.3) is 6.08 Å². The Bertz CT molecular complexity index is 924. The van der Waals surface area contributed by atoms with Crippen LogP contribution in [-0.4, -0.2) is 16.8 Å². The van der Waals surface area contributed by atoms with Gasteiger partial charge in [0.25, 0.3) is 5.69 Å². The summed E-state index contributed by atoms with van der Waals surface area (Å²) in [6.45, 7) is 0. The summed E-state index contributed by atoms with van der Waals surface area (Å²) in [4.78, 5) is 26.3. The molecule has 0 radical (unpaired) electrons. The van der Waals surface area contributed by atoms with E-state index in [4.69, 9.17) is 16.3 Å². The largest absolute Gasteiger partial charge is 0.402 e. The third-order valence-electron chi connectivity index (χ3n) is 3.17. The summed E-state index contributed by atoms with van der Waals surface area (Å²) in [6, 6.07) is 11.2. The topological polar surface area (TPSA) is 81.8 Å². The van der Waals surface area contributed by atoms with Crippen LogP contribution >= 0.6 is 27.5 Å². The van der Waals surface area contributed by atoms with E-state index in [9.17, 15) is 14.9 Å². The SMILES string of the molecule is O=C1OC(c2ccc([N+](=O)[O-])cc2Cl)=N/C1=C\c1cccc(Br)c1. The van der Waals surface area contributed by atoms with Crippen LogP contribution in [0.1, 0.15) is 11.1 Å². The maximum absolute atomic E-state index is 12.0. The van der Waals surface area contributed by atoms with Crippen LogP contribution in [-0.2, 0) is 9.53 Å². The molecule has 2 aromatic carbocycles. The van der Waals surface area contributed by atoms with Crippen LogP contribution in [0.4, 0.5) is 5.69 Å². The number of nitro benzene ring substituents is 1. The Hall–Kier alpha value is -2.51. The summed E-state index contributed by atoms with van der Waals surface area (Å²) in [6.07, 6.45) is 1.58. The number of nitrogens with zero attached hydrogens (tertiary/aromatic N) is 2. The lowest BCUT2D eigenvalue weighted by atomic mass is 10.2. The number of halogens is 2. The standard InChI is InChI=1S/C16H8BrClN2O4/c17-10-3-1-2-9(6-10)7-14-16(21)24-15(19-14)12-5-4-11(20(22)23)8-13(12)18/h1-8H/b14-7-. The number of hydrogen-bond acceptors (Lipinski definition) is 5. The number of benzene rings is 2. The van der Waals surface area contributed by atoms with Crippen molar-refractivity contribution < 1.29 is 14.5 Å². The zero-order chi connectivity index (χ0) is 17.3. The second-order valence-corrected chi connectivity index (χ2v) is 6.14. The van der Waals surface area contributed by atoms with Crippen molar-refractivity contribution in [3.63, 3.8) is 0 Å². The molecule has 1 aliphatic rings. The number of rotatable bonds is 3. The molecule has 0 N–H and O–H groups in total. The van der Waals surface area contributed by atoms with Gasteiger partial charge in [-0.05, 0) is 29.8 Å². The number of nitro groups is 1. The molecule has 3 rings (SSSR count). The quantitative estimate of drug-likeness (QED) is 0.328. The highest BCUT2D eigenvalue weighted by molar-refractivity contribution is 9.10. The van der Waals surface area contributed by atoms with Gasteiger partial charge in [0.15, 0.2) is 5.70 Å². The minimum absolute atomic E-state index is 0.0149. The zero-order valence-corrected chi connectivity index (χ0v) is 14.2. The van der Waals surface area contributed by atoms with E-state index in [1.807, 2.05) is 24.3 Å². The number of non-ortho nitro benzene ring substituents is 1. The van der Waals surface area contributed by atoms with E-state index in [0.717, 1.165) is 10.0 Å². The highest BCUT2D eigenvalue weighted by Crippen LogP contribution is 2.27. The van der Waals surface area contributed by atoms with Crippen LogP contribution in [0.2, 0.25) is 5.02 Å². The molecule has 0 unspecified atom stereocenters. The average Bonchev–Trinajstić information content (AvgIpc) is 2.87. The van der Waals surface area contributed by atoms with E-state index in [1.54, 1.807) is 6.08 Å². The molecular weight excluding hydrogens is 400 g/mol. The molecule has 0 saturated carbocycles. The monoisotopic (exact) mass is 406 g/mol. The highest BCUT2D eigenvalue weighted by atomic mass is 79.9. The fourth-order valence-electron chi connectivity index (χ4n) is 2.07. The number of hydrogen-bond donors (Lipinski definition) is 0. The van der Waals surface area contributed by atoms with Gasteiger partial charge in [0.2, 0.25) is 5.90 Å². The Kier molecular flexibility index (Phi) is 4.46. The molecule has 0 bridgehead atoms. The molecule has 0 aromatic heterocycles. The summed E-state index contributed by atoms with van der Waals surface area (Å²) in [5.41, 5.74) is 1.06. The zero-order valence-electron chi connectivity index (χ0n) is 11.9. The summed E-state index contributed by atoms with van der Waals surface area (Å²) in [5.74, 6) is -0.597. The van der Waals surface area contributed by atoms with E-state index in [-0.39, 0.29) is 22.3 Å². The van der Waals surface area contributed by atoms with Gasteiger partial charge in [0.1, 0.15) is 0 Å². The number of aliphatic imine (C=N–C) groups is 1. The van der Waals surface area contributed by atoms with E-state index >= 15 is 0 Å². The van der Waals surface area contributed by atoms with Crippen LogP contribution in [0.5, 0.6) is 0 Å². The van der Waals surface area contributed by atoms with Crippen molar-refractivity contribution in [3.05, 3.63) is 78.9 Å². The van der Waals surface area contributed by atoms with Gasteiger partial charge in [0, 0.05) is 16.6 Å². The van der Waals surface area contributed by atoms with Crippen LogP contribution in [0.15, 0.2) is 57.6 Å². The Labute approximate surface area is 149 Å². The second kappa shape index (κ2) is 6.54. The van der Waals surface area contributed by atoms with Gasteiger partial charge in [0.05, 0.1) is 15.5 Å². The molecule has 24 heavy (non-hydrogen) atoms. The lowest BCUT2D eigenvalue weighted by Gasteiger charge is -2.02. The Morgan fingerprint density at radius 1 is 1.25 bits per heavy atom. The molecule has 0 fully saturated rings. The van der Waals surface area contributed by atoms with E-state index in [2.05, 4.69) is 20.9 Å². The number of carbonyl (C=O) groups is 1. The molecule has 0 atom stereocenters. The molecule has 0 spiro atoms. The first-order chi connectivity index (χ1) is 11.4. The molecule has 8 heteroatoms. The van der Waals surface area contributed by atoms with Gasteiger partial charge >= 0.3 is 5.97 Å². The van der Waals surface area contributed by atoms with Crippen LogP contribution in [0.3, 0.4) is 0 Å². The lowest BCUT2D eigenvalue weighted by Crippen LogP contribution is -2.06. The molecular formula is C16H8BrClN2O4. The fraction of sp³-hybridized carbons (Fsp3) is 0. The highest BCUT2D eigenvalue weighted by Gasteiger charge is 2.26. The minimum atomic E-state index is -0.612. The Morgan fingerprint density at radius 2 is 2.04 bits per heavy atom. The Balaban J connectivity index is 1.96. The maximum atomic E-state index is 12.0. The molecule has 1 aliphatic heterocycles. The van der Waals surface area contributed by atoms with Crippen molar-refractivity contribution in [3.8, 4) is 0 Å². The smallest absolute Gasteiger partial charge is 0.363 e. The molecule has 120 valence electrons. The van der Waals surface area contributed by atoms with E-state index in [0.29, 0.717) is 5.56 Å². The van der Waals surface area contributed by atoms with Gasteiger partial charge in [-0.25, -0.2) is 9.79 Å². The molecule has 0 aliphatic carbocycles. The van der Waals surface area contributed by atoms with Crippen LogP contribution in [0, 0.1) is 10.1 Å². The lowest BCUT2D eigenvalue weighted by molar-refractivity contribution is -0.384. The van der Waals surface area contributed by atoms with Gasteiger partial charge in [-0.3, -0.25) is 10.1 Å². The summed E-state index contributed by atoms with van der Waals surface area (Å²) >= 11 is 9.38. The number of carbonyl (C=O) groups excluding carboxylic acids is 1. The fourth-order valence-corrected chi connectivity index (χ4v) is 2.74. The third-order valence-corrected chi connectivity index (χ3v) is 3.97. The van der Waals surface area contributed by atoms with Crippen molar-refractivity contribution in [1.29, 1.82) is 0 Å². The first-order valence-electron chi connectivity index (χ1n) is 6.66. The molecule has 0 amide bonds. The Morgan fingerprint density at radius 3 is 2.71 bits per heavy atom. The summed E-state index contributed by atoms with van der Waals surface area (Å²) in [5, 5.41) is 10.8. The van der Waals surface area contributed by atoms with Gasteiger partial charge < -0.3 is 4.74 Å². The second-order valence-electron chi connectivity index (χ2n) is 4.81. The number of ether oxygens (including phenoxy) is 1. The first-order valence-corrected chi connectivity index (χ1v) is 7.83. The van der Waals surface area contributed by atoms with E-state index < -0.39 is 10.9 Å². The normalized spacial score (nSPS) is 15.3. The minimum Gasteiger partial charge on any atom is -0.402 e. The van der Waals surface area contributed by atoms with Crippen molar-refractivity contribution in [2.45, 2.75) is 0 Å². The predicted molar refractivity (Wildman–Crippen MR) is 92.9 cm³/mol. The van der Waals surface area contributed by atoms with Crippen LogP contribution < -0.4 is 0 Å². The summed E-state index contributed by atoms with van der Waals surface area (Å²) in [7, 11) is 0. The average molecular weight is 408 g/mol. The molecule has 6 nitrogen and oxygen atoms in total. The van der Waals surface area contributed by atoms with E-state index in [1.165, 1.54) is 18.2 Å². The molecule has 2 aromatic rings. The molecule has 1 heterocycles. The molecule has 0 saturated heterocycles. The van der Waals surface area contributed by atoms with Gasteiger partial charge in [-0.2, -0.15) is 0 Å². The first kappa shape index (κ1) is 16.4. The van der Waals surface area contributed by atoms with Gasteiger partial charge in [-0.1, -0.05) is 39.7 Å². The maximum Gasteiger partial charge on any atom is 0.363 e. The predicted octanol–water partition coefficient (Wildman–Crippen LogP) is 4.36. The van der Waals surface area contributed by atoms with Gasteiger partial charge in [-0.15, -0.1) is 0 Å². The summed E-state index contributed by atoms with van der Waals surface area (Å²) < 4.78 is 5.99. The third kappa shape index (κ3) is 3.37. The van der Waals surface area contributed by atoms with Crippen molar-refractivity contribution >= 4 is 51.2 Å². The van der Waals surface area contributed by atoms with Crippen molar-refractivity contribution in [2.24, 2.45) is 4.99 Å².